The summed E-state index contributed by atoms with van der Waals surface area (Å²) in [6.07, 6.45) is -0.265. The van der Waals surface area contributed by atoms with Crippen LogP contribution in [0.3, 0.4) is 0 Å². The number of nitrogens with zero attached hydrogens (tertiary/aromatic N) is 2. The van der Waals surface area contributed by atoms with Crippen LogP contribution in [0.25, 0.3) is 0 Å². The predicted molar refractivity (Wildman–Crippen MR) is 177 cm³/mol. The Balaban J connectivity index is 1.37. The van der Waals surface area contributed by atoms with E-state index in [9.17, 15) is 24.3 Å². The summed E-state index contributed by atoms with van der Waals surface area (Å²) in [4.78, 5) is 55.7. The number of carboxylic acids is 1. The van der Waals surface area contributed by atoms with Crippen molar-refractivity contribution in [3.8, 4) is 0 Å². The van der Waals surface area contributed by atoms with E-state index in [1.807, 2.05) is 71.8 Å². The minimum atomic E-state index is -1.04. The molecule has 0 saturated carbocycles. The van der Waals surface area contributed by atoms with Crippen LogP contribution in [0.1, 0.15) is 55.6 Å². The summed E-state index contributed by atoms with van der Waals surface area (Å²) in [6, 6.07) is 24.5. The van der Waals surface area contributed by atoms with Gasteiger partial charge >= 0.3 is 12.1 Å². The van der Waals surface area contributed by atoms with Crippen LogP contribution in [-0.2, 0) is 16.1 Å². The van der Waals surface area contributed by atoms with Gasteiger partial charge in [0.2, 0.25) is 0 Å². The molecular weight excluding hydrogens is 604 g/mol. The van der Waals surface area contributed by atoms with E-state index in [4.69, 9.17) is 4.74 Å². The lowest BCUT2D eigenvalue weighted by atomic mass is 10.0. The molecule has 4 aromatic rings. The Bertz CT molecular complexity index is 1660. The molecule has 46 heavy (non-hydrogen) atoms. The monoisotopic (exact) mass is 640 g/mol. The first-order chi connectivity index (χ1) is 22.3. The summed E-state index contributed by atoms with van der Waals surface area (Å²) >= 11 is 1.41. The molecule has 5 rings (SSSR count). The zero-order valence-corrected chi connectivity index (χ0v) is 26.3. The molecule has 3 aromatic carbocycles. The number of amides is 3. The van der Waals surface area contributed by atoms with Crippen LogP contribution in [0.5, 0.6) is 0 Å². The molecule has 0 bridgehead atoms. The summed E-state index contributed by atoms with van der Waals surface area (Å²) in [5.41, 5.74) is 3.81. The Morgan fingerprint density at radius 3 is 2.41 bits per heavy atom. The van der Waals surface area contributed by atoms with Crippen molar-refractivity contribution in [2.75, 3.05) is 36.4 Å². The zero-order chi connectivity index (χ0) is 32.5. The highest BCUT2D eigenvalue weighted by Gasteiger charge is 2.25. The molecule has 1 fully saturated rings. The van der Waals surface area contributed by atoms with Crippen molar-refractivity contribution in [1.29, 1.82) is 0 Å². The van der Waals surface area contributed by atoms with Gasteiger partial charge in [-0.1, -0.05) is 66.2 Å². The number of thiophene rings is 1. The van der Waals surface area contributed by atoms with Crippen LogP contribution >= 0.6 is 11.3 Å². The lowest BCUT2D eigenvalue weighted by molar-refractivity contribution is -0.137. The Hall–Kier alpha value is -5.16. The van der Waals surface area contributed by atoms with Crippen molar-refractivity contribution < 1.29 is 29.0 Å². The van der Waals surface area contributed by atoms with Crippen LogP contribution in [0.15, 0.2) is 90.3 Å². The summed E-state index contributed by atoms with van der Waals surface area (Å²) in [5.74, 6) is -1.53. The van der Waals surface area contributed by atoms with Crippen LogP contribution in [0.4, 0.5) is 16.2 Å². The van der Waals surface area contributed by atoms with Gasteiger partial charge in [0.15, 0.2) is 0 Å². The zero-order valence-electron chi connectivity index (χ0n) is 25.5. The number of hydrogen-bond donors (Lipinski definition) is 3. The van der Waals surface area contributed by atoms with Gasteiger partial charge in [-0.05, 0) is 54.1 Å². The molecule has 10 nitrogen and oxygen atoms in total. The standard InChI is InChI=1S/C35H36N4O6S/c1-24-10-12-26(13-11-24)28(22-32(40)41)36-33(42)27-14-15-30(29(21-27)37-35(44)45-23-25-7-3-2-4-8-25)38-16-6-17-39(19-18-38)34(43)31-9-5-20-46-31/h2-5,7-15,20-21,28H,6,16-19,22-23H2,1H3,(H,36,42)(H,37,44)(H,40,41). The first-order valence-electron chi connectivity index (χ1n) is 15.1. The quantitative estimate of drug-likeness (QED) is 0.191. The van der Waals surface area contributed by atoms with Gasteiger partial charge in [-0.3, -0.25) is 19.7 Å². The summed E-state index contributed by atoms with van der Waals surface area (Å²) in [7, 11) is 0. The number of aliphatic carboxylic acids is 1. The smallest absolute Gasteiger partial charge is 0.412 e. The van der Waals surface area contributed by atoms with E-state index in [1.165, 1.54) is 11.3 Å². The van der Waals surface area contributed by atoms with Gasteiger partial charge in [0.1, 0.15) is 6.61 Å². The van der Waals surface area contributed by atoms with Gasteiger partial charge in [-0.2, -0.15) is 0 Å². The van der Waals surface area contributed by atoms with E-state index in [2.05, 4.69) is 15.5 Å². The molecule has 2 heterocycles. The highest BCUT2D eigenvalue weighted by molar-refractivity contribution is 7.12. The Morgan fingerprint density at radius 1 is 0.913 bits per heavy atom. The third-order valence-corrected chi connectivity index (χ3v) is 8.59. The molecule has 11 heteroatoms. The molecule has 1 aliphatic rings. The number of ether oxygens (including phenoxy) is 1. The number of carboxylic acid groups (broad SMARTS) is 1. The lowest BCUT2D eigenvalue weighted by Gasteiger charge is -2.26. The molecule has 1 saturated heterocycles. The van der Waals surface area contributed by atoms with Gasteiger partial charge in [0, 0.05) is 31.7 Å². The number of anilines is 2. The fourth-order valence-corrected chi connectivity index (χ4v) is 6.00. The average molecular weight is 641 g/mol. The van der Waals surface area contributed by atoms with Crippen LogP contribution < -0.4 is 15.5 Å². The lowest BCUT2D eigenvalue weighted by Crippen LogP contribution is -2.35. The molecule has 0 radical (unpaired) electrons. The summed E-state index contributed by atoms with van der Waals surface area (Å²) < 4.78 is 5.48. The van der Waals surface area contributed by atoms with Crippen molar-refractivity contribution in [1.82, 2.24) is 10.2 Å². The molecule has 238 valence electrons. The average Bonchev–Trinajstić information content (AvgIpc) is 3.49. The second kappa shape index (κ2) is 15.2. The van der Waals surface area contributed by atoms with Gasteiger partial charge in [0.25, 0.3) is 11.8 Å². The van der Waals surface area contributed by atoms with Gasteiger partial charge in [-0.25, -0.2) is 4.79 Å². The van der Waals surface area contributed by atoms with Gasteiger partial charge in [-0.15, -0.1) is 11.3 Å². The molecule has 1 unspecified atom stereocenters. The number of carbonyl (C=O) groups excluding carboxylic acids is 3. The normalized spacial score (nSPS) is 13.8. The minimum absolute atomic E-state index is 0.00352. The number of carbonyl (C=O) groups is 4. The Labute approximate surface area is 271 Å². The molecule has 0 aliphatic carbocycles. The van der Waals surface area contributed by atoms with Crippen molar-refractivity contribution >= 4 is 46.6 Å². The third-order valence-electron chi connectivity index (χ3n) is 7.73. The Morgan fingerprint density at radius 2 is 1.70 bits per heavy atom. The van der Waals surface area contributed by atoms with Gasteiger partial charge in [0.05, 0.1) is 28.7 Å². The largest absolute Gasteiger partial charge is 0.481 e. The maximum absolute atomic E-state index is 13.5. The van der Waals surface area contributed by atoms with E-state index in [1.54, 1.807) is 30.3 Å². The number of aryl methyl sites for hydroxylation is 1. The van der Waals surface area contributed by atoms with Crippen molar-refractivity contribution in [3.63, 3.8) is 0 Å². The number of rotatable bonds is 10. The fourth-order valence-electron chi connectivity index (χ4n) is 5.31. The van der Waals surface area contributed by atoms with Crippen LogP contribution in [0.2, 0.25) is 0 Å². The van der Waals surface area contributed by atoms with Gasteiger partial charge < -0.3 is 25.0 Å². The fraction of sp³-hybridized carbons (Fsp3) is 0.257. The number of benzene rings is 3. The molecule has 1 aliphatic heterocycles. The molecule has 1 aromatic heterocycles. The molecule has 0 spiro atoms. The van der Waals surface area contributed by atoms with Crippen molar-refractivity contribution in [2.45, 2.75) is 32.4 Å². The number of hydrogen-bond acceptors (Lipinski definition) is 7. The molecule has 1 atom stereocenters. The Kier molecular flexibility index (Phi) is 10.7. The second-order valence-electron chi connectivity index (χ2n) is 11.1. The SMILES string of the molecule is Cc1ccc(C(CC(=O)O)NC(=O)c2ccc(N3CCCN(C(=O)c4cccs4)CC3)c(NC(=O)OCc3ccccc3)c2)cc1. The summed E-state index contributed by atoms with van der Waals surface area (Å²) in [5, 5.41) is 17.1. The highest BCUT2D eigenvalue weighted by Crippen LogP contribution is 2.30. The molecule has 3 N–H and O–H groups in total. The second-order valence-corrected chi connectivity index (χ2v) is 12.0. The van der Waals surface area contributed by atoms with E-state index in [0.29, 0.717) is 54.4 Å². The van der Waals surface area contributed by atoms with Crippen molar-refractivity contribution in [2.24, 2.45) is 0 Å². The first-order valence-corrected chi connectivity index (χ1v) is 15.9. The van der Waals surface area contributed by atoms with E-state index < -0.39 is 24.0 Å². The van der Waals surface area contributed by atoms with E-state index in [-0.39, 0.29) is 24.5 Å². The number of nitrogens with one attached hydrogen (secondary N) is 2. The van der Waals surface area contributed by atoms with Crippen LogP contribution in [-0.4, -0.2) is 60.1 Å². The third kappa shape index (κ3) is 8.51. The molecular formula is C35H36N4O6S. The topological polar surface area (TPSA) is 128 Å². The summed E-state index contributed by atoms with van der Waals surface area (Å²) in [6.45, 7) is 4.23. The highest BCUT2D eigenvalue weighted by atomic mass is 32.1. The van der Waals surface area contributed by atoms with E-state index >= 15 is 0 Å². The van der Waals surface area contributed by atoms with Crippen molar-refractivity contribution in [3.05, 3.63) is 117 Å². The predicted octanol–water partition coefficient (Wildman–Crippen LogP) is 6.10. The first kappa shape index (κ1) is 32.2. The maximum Gasteiger partial charge on any atom is 0.412 e. The minimum Gasteiger partial charge on any atom is -0.481 e. The van der Waals surface area contributed by atoms with E-state index in [0.717, 1.165) is 11.1 Å². The molecule has 3 amide bonds. The van der Waals surface area contributed by atoms with Crippen LogP contribution in [0, 0.1) is 6.92 Å². The maximum atomic E-state index is 13.5.